The number of hydrogen-bond acceptors (Lipinski definition) is 4. The van der Waals surface area contributed by atoms with Crippen molar-refractivity contribution >= 4 is 10.0 Å². The first-order valence-electron chi connectivity index (χ1n) is 9.31. The number of imidazole rings is 1. The largest absolute Gasteiger partial charge is 0.494 e. The van der Waals surface area contributed by atoms with E-state index in [1.54, 1.807) is 24.4 Å². The van der Waals surface area contributed by atoms with Gasteiger partial charge >= 0.3 is 0 Å². The summed E-state index contributed by atoms with van der Waals surface area (Å²) >= 11 is 0. The average molecular weight is 400 g/mol. The van der Waals surface area contributed by atoms with E-state index in [2.05, 4.69) is 9.71 Å². The van der Waals surface area contributed by atoms with Crippen LogP contribution in [0.25, 0.3) is 11.4 Å². The number of aryl methyl sites for hydroxylation is 2. The maximum atomic E-state index is 12.5. The molecule has 0 aliphatic rings. The molecule has 0 unspecified atom stereocenters. The van der Waals surface area contributed by atoms with Gasteiger partial charge in [-0.05, 0) is 44.0 Å². The Morgan fingerprint density at radius 3 is 2.64 bits per heavy atom. The quantitative estimate of drug-likeness (QED) is 0.558. The average Bonchev–Trinajstić information content (AvgIpc) is 3.16. The lowest BCUT2D eigenvalue weighted by Gasteiger charge is -2.11. The molecule has 0 atom stereocenters. The summed E-state index contributed by atoms with van der Waals surface area (Å²) in [6, 6.07) is 14.8. The first kappa shape index (κ1) is 20.1. The number of hydrogen-bond donors (Lipinski definition) is 1. The molecule has 0 radical (unpaired) electrons. The zero-order chi connectivity index (χ0) is 20.0. The SMILES string of the molecule is CCOc1ccc(S(=O)(=O)NCCCn2ccnc2-c2ccccc2)cc1C. The Kier molecular flexibility index (Phi) is 6.49. The fraction of sp³-hybridized carbons (Fsp3) is 0.286. The molecule has 148 valence electrons. The summed E-state index contributed by atoms with van der Waals surface area (Å²) in [5, 5.41) is 0. The summed E-state index contributed by atoms with van der Waals surface area (Å²) < 4.78 is 35.2. The summed E-state index contributed by atoms with van der Waals surface area (Å²) in [6.45, 7) is 5.31. The van der Waals surface area contributed by atoms with Gasteiger partial charge in [0.1, 0.15) is 11.6 Å². The van der Waals surface area contributed by atoms with Crippen LogP contribution in [-0.2, 0) is 16.6 Å². The van der Waals surface area contributed by atoms with E-state index in [1.807, 2.05) is 54.9 Å². The molecule has 1 N–H and O–H groups in total. The Morgan fingerprint density at radius 1 is 1.14 bits per heavy atom. The fourth-order valence-electron chi connectivity index (χ4n) is 2.98. The third-order valence-corrected chi connectivity index (χ3v) is 5.83. The minimum Gasteiger partial charge on any atom is -0.494 e. The maximum absolute atomic E-state index is 12.5. The predicted octanol–water partition coefficient (Wildman–Crippen LogP) is 3.63. The fourth-order valence-corrected chi connectivity index (χ4v) is 4.14. The summed E-state index contributed by atoms with van der Waals surface area (Å²) in [5.74, 6) is 1.58. The minimum atomic E-state index is -3.55. The second kappa shape index (κ2) is 9.03. The Morgan fingerprint density at radius 2 is 1.93 bits per heavy atom. The summed E-state index contributed by atoms with van der Waals surface area (Å²) in [7, 11) is -3.55. The molecule has 0 bridgehead atoms. The van der Waals surface area contributed by atoms with E-state index in [1.165, 1.54) is 0 Å². The minimum absolute atomic E-state index is 0.251. The van der Waals surface area contributed by atoms with Gasteiger partial charge in [0.05, 0.1) is 11.5 Å². The van der Waals surface area contributed by atoms with Crippen LogP contribution in [0.2, 0.25) is 0 Å². The van der Waals surface area contributed by atoms with Crippen LogP contribution in [0.4, 0.5) is 0 Å². The summed E-state index contributed by atoms with van der Waals surface area (Å²) in [5.41, 5.74) is 1.84. The van der Waals surface area contributed by atoms with E-state index in [-0.39, 0.29) is 4.90 Å². The van der Waals surface area contributed by atoms with Gasteiger partial charge < -0.3 is 9.30 Å². The van der Waals surface area contributed by atoms with Crippen LogP contribution in [0.5, 0.6) is 5.75 Å². The number of ether oxygens (including phenoxy) is 1. The lowest BCUT2D eigenvalue weighted by Crippen LogP contribution is -2.25. The van der Waals surface area contributed by atoms with Crippen molar-refractivity contribution in [3.8, 4) is 17.1 Å². The molecule has 3 aromatic rings. The summed E-state index contributed by atoms with van der Waals surface area (Å²) in [6.07, 6.45) is 4.33. The smallest absolute Gasteiger partial charge is 0.240 e. The molecule has 7 heteroatoms. The molecule has 6 nitrogen and oxygen atoms in total. The van der Waals surface area contributed by atoms with E-state index in [0.29, 0.717) is 31.9 Å². The van der Waals surface area contributed by atoms with E-state index in [9.17, 15) is 8.42 Å². The molecule has 0 saturated carbocycles. The molecule has 0 saturated heterocycles. The molecular formula is C21H25N3O3S. The second-order valence-corrected chi connectivity index (χ2v) is 8.19. The highest BCUT2D eigenvalue weighted by atomic mass is 32.2. The number of aromatic nitrogens is 2. The maximum Gasteiger partial charge on any atom is 0.240 e. The molecule has 1 aromatic heterocycles. The first-order chi connectivity index (χ1) is 13.5. The highest BCUT2D eigenvalue weighted by molar-refractivity contribution is 7.89. The van der Waals surface area contributed by atoms with Crippen LogP contribution in [-0.4, -0.2) is 31.1 Å². The Balaban J connectivity index is 1.58. The van der Waals surface area contributed by atoms with Crippen molar-refractivity contribution in [3.05, 3.63) is 66.5 Å². The third kappa shape index (κ3) is 4.79. The molecule has 0 fully saturated rings. The van der Waals surface area contributed by atoms with Crippen molar-refractivity contribution in [2.45, 2.75) is 31.7 Å². The Labute approximate surface area is 166 Å². The molecule has 2 aromatic carbocycles. The lowest BCUT2D eigenvalue weighted by molar-refractivity contribution is 0.337. The van der Waals surface area contributed by atoms with Gasteiger partial charge in [0.25, 0.3) is 0 Å². The van der Waals surface area contributed by atoms with Crippen LogP contribution >= 0.6 is 0 Å². The highest BCUT2D eigenvalue weighted by Crippen LogP contribution is 2.22. The topological polar surface area (TPSA) is 73.2 Å². The molecule has 28 heavy (non-hydrogen) atoms. The lowest BCUT2D eigenvalue weighted by atomic mass is 10.2. The van der Waals surface area contributed by atoms with E-state index < -0.39 is 10.0 Å². The number of sulfonamides is 1. The molecule has 1 heterocycles. The van der Waals surface area contributed by atoms with Gasteiger partial charge in [0.15, 0.2) is 0 Å². The normalized spacial score (nSPS) is 11.5. The zero-order valence-corrected chi connectivity index (χ0v) is 16.9. The van der Waals surface area contributed by atoms with Crippen molar-refractivity contribution in [1.29, 1.82) is 0 Å². The van der Waals surface area contributed by atoms with E-state index >= 15 is 0 Å². The monoisotopic (exact) mass is 399 g/mol. The number of nitrogens with zero attached hydrogens (tertiary/aromatic N) is 2. The van der Waals surface area contributed by atoms with Crippen molar-refractivity contribution < 1.29 is 13.2 Å². The van der Waals surface area contributed by atoms with Gasteiger partial charge in [0.2, 0.25) is 10.0 Å². The van der Waals surface area contributed by atoms with E-state index in [4.69, 9.17) is 4.74 Å². The van der Waals surface area contributed by atoms with E-state index in [0.717, 1.165) is 17.0 Å². The van der Waals surface area contributed by atoms with Gasteiger partial charge in [-0.2, -0.15) is 0 Å². The van der Waals surface area contributed by atoms with Crippen LogP contribution in [0.1, 0.15) is 18.9 Å². The van der Waals surface area contributed by atoms with Crippen LogP contribution in [0, 0.1) is 6.92 Å². The third-order valence-electron chi connectivity index (χ3n) is 4.37. The Hall–Kier alpha value is -2.64. The standard InChI is InChI=1S/C21H25N3O3S/c1-3-27-20-11-10-19(16-17(20)2)28(25,26)23-12-7-14-24-15-13-22-21(24)18-8-5-4-6-9-18/h4-6,8-11,13,15-16,23H,3,7,12,14H2,1-2H3. The molecule has 3 rings (SSSR count). The van der Waals surface area contributed by atoms with Gasteiger partial charge in [0, 0.05) is 31.0 Å². The first-order valence-corrected chi connectivity index (χ1v) is 10.8. The molecule has 0 spiro atoms. The molecule has 0 amide bonds. The molecule has 0 aliphatic heterocycles. The molecule has 0 aliphatic carbocycles. The second-order valence-electron chi connectivity index (χ2n) is 6.42. The van der Waals surface area contributed by atoms with Crippen molar-refractivity contribution in [1.82, 2.24) is 14.3 Å². The predicted molar refractivity (Wildman–Crippen MR) is 110 cm³/mol. The van der Waals surface area contributed by atoms with Gasteiger partial charge in [-0.1, -0.05) is 30.3 Å². The van der Waals surface area contributed by atoms with Gasteiger partial charge in [-0.25, -0.2) is 18.1 Å². The summed E-state index contributed by atoms with van der Waals surface area (Å²) in [4.78, 5) is 4.66. The Bertz CT molecular complexity index is 1010. The van der Waals surface area contributed by atoms with Crippen LogP contribution in [0.3, 0.4) is 0 Å². The van der Waals surface area contributed by atoms with Crippen molar-refractivity contribution in [2.75, 3.05) is 13.2 Å². The molecular weight excluding hydrogens is 374 g/mol. The van der Waals surface area contributed by atoms with Crippen molar-refractivity contribution in [2.24, 2.45) is 0 Å². The van der Waals surface area contributed by atoms with Gasteiger partial charge in [-0.15, -0.1) is 0 Å². The highest BCUT2D eigenvalue weighted by Gasteiger charge is 2.15. The van der Waals surface area contributed by atoms with Crippen LogP contribution in [0.15, 0.2) is 65.8 Å². The zero-order valence-electron chi connectivity index (χ0n) is 16.1. The van der Waals surface area contributed by atoms with Crippen molar-refractivity contribution in [3.63, 3.8) is 0 Å². The number of benzene rings is 2. The number of nitrogens with one attached hydrogen (secondary N) is 1. The number of rotatable bonds is 9. The van der Waals surface area contributed by atoms with Crippen LogP contribution < -0.4 is 9.46 Å². The van der Waals surface area contributed by atoms with Gasteiger partial charge in [-0.3, -0.25) is 0 Å².